The van der Waals surface area contributed by atoms with Crippen LogP contribution in [0.4, 0.5) is 0 Å². The fourth-order valence-electron chi connectivity index (χ4n) is 2.61. The van der Waals surface area contributed by atoms with Crippen LogP contribution in [0.15, 0.2) is 24.3 Å². The van der Waals surface area contributed by atoms with Crippen molar-refractivity contribution in [1.82, 2.24) is 35.1 Å². The lowest BCUT2D eigenvalue weighted by atomic mass is 10.2. The van der Waals surface area contributed by atoms with E-state index in [2.05, 4.69) is 44.1 Å². The van der Waals surface area contributed by atoms with Crippen molar-refractivity contribution < 1.29 is 4.79 Å². The predicted octanol–water partition coefficient (Wildman–Crippen LogP) is 1.63. The predicted molar refractivity (Wildman–Crippen MR) is 84.8 cm³/mol. The number of carbonyl (C=O) groups is 1. The molecular formula is C15H19N7O. The Labute approximate surface area is 133 Å². The number of imidazole rings is 1. The third kappa shape index (κ3) is 2.79. The van der Waals surface area contributed by atoms with E-state index in [1.54, 1.807) is 7.05 Å². The molecule has 0 aliphatic heterocycles. The number of para-hydroxylation sites is 2. The van der Waals surface area contributed by atoms with E-state index in [0.29, 0.717) is 0 Å². The molecule has 0 fully saturated rings. The summed E-state index contributed by atoms with van der Waals surface area (Å²) in [4.78, 5) is 18.1. The van der Waals surface area contributed by atoms with Crippen LogP contribution in [0.5, 0.6) is 0 Å². The van der Waals surface area contributed by atoms with Crippen molar-refractivity contribution in [3.05, 3.63) is 35.9 Å². The van der Waals surface area contributed by atoms with Crippen molar-refractivity contribution >= 4 is 16.9 Å². The van der Waals surface area contributed by atoms with Crippen LogP contribution in [0.2, 0.25) is 0 Å². The molecule has 3 aromatic rings. The molecule has 2 heterocycles. The molecule has 8 heteroatoms. The zero-order valence-corrected chi connectivity index (χ0v) is 13.6. The van der Waals surface area contributed by atoms with Gasteiger partial charge in [0.25, 0.3) is 11.7 Å². The van der Waals surface area contributed by atoms with Crippen LogP contribution in [0.3, 0.4) is 0 Å². The summed E-state index contributed by atoms with van der Waals surface area (Å²) < 4.78 is 2.13. The lowest BCUT2D eigenvalue weighted by Gasteiger charge is -2.18. The van der Waals surface area contributed by atoms with Gasteiger partial charge in [-0.1, -0.05) is 12.1 Å². The summed E-state index contributed by atoms with van der Waals surface area (Å²) in [5.41, 5.74) is 1.96. The average molecular weight is 313 g/mol. The Morgan fingerprint density at radius 2 is 1.96 bits per heavy atom. The molecule has 0 bridgehead atoms. The van der Waals surface area contributed by atoms with E-state index in [0.717, 1.165) is 16.9 Å². The Balaban J connectivity index is 1.93. The molecule has 1 amide bonds. The minimum atomic E-state index is -0.368. The summed E-state index contributed by atoms with van der Waals surface area (Å²) in [5, 5.41) is 14.2. The summed E-state index contributed by atoms with van der Waals surface area (Å²) in [5.74, 6) is 0.484. The van der Waals surface area contributed by atoms with E-state index in [-0.39, 0.29) is 23.8 Å². The van der Waals surface area contributed by atoms with Crippen LogP contribution in [0, 0.1) is 0 Å². The Kier molecular flexibility index (Phi) is 3.81. The molecule has 0 radical (unpaired) electrons. The van der Waals surface area contributed by atoms with Gasteiger partial charge in [-0.3, -0.25) is 4.79 Å². The summed E-state index contributed by atoms with van der Waals surface area (Å²) in [6, 6.07) is 7.89. The quantitative estimate of drug-likeness (QED) is 0.790. The van der Waals surface area contributed by atoms with Gasteiger partial charge in [0.05, 0.1) is 24.1 Å². The Hall–Kier alpha value is -2.77. The van der Waals surface area contributed by atoms with Gasteiger partial charge < -0.3 is 9.88 Å². The number of hydrogen-bond donors (Lipinski definition) is 1. The fourth-order valence-corrected chi connectivity index (χ4v) is 2.61. The van der Waals surface area contributed by atoms with Crippen molar-refractivity contribution in [3.8, 4) is 0 Å². The molecule has 1 unspecified atom stereocenters. The molecule has 23 heavy (non-hydrogen) atoms. The molecule has 0 saturated carbocycles. The Morgan fingerprint density at radius 1 is 1.22 bits per heavy atom. The van der Waals surface area contributed by atoms with Crippen LogP contribution < -0.4 is 5.32 Å². The second-order valence-electron chi connectivity index (χ2n) is 5.72. The second kappa shape index (κ2) is 5.79. The minimum Gasteiger partial charge on any atom is -0.340 e. The third-order valence-corrected chi connectivity index (χ3v) is 3.59. The summed E-state index contributed by atoms with van der Waals surface area (Å²) >= 11 is 0. The van der Waals surface area contributed by atoms with Crippen LogP contribution in [0.1, 0.15) is 49.3 Å². The molecule has 0 aliphatic carbocycles. The zero-order valence-electron chi connectivity index (χ0n) is 13.6. The van der Waals surface area contributed by atoms with Gasteiger partial charge in [-0.25, -0.2) is 4.98 Å². The van der Waals surface area contributed by atoms with Crippen LogP contribution in [-0.2, 0) is 7.05 Å². The molecule has 120 valence electrons. The van der Waals surface area contributed by atoms with Crippen LogP contribution in [0.25, 0.3) is 11.0 Å². The number of nitrogens with zero attached hydrogens (tertiary/aromatic N) is 6. The highest BCUT2D eigenvalue weighted by Crippen LogP contribution is 2.24. The van der Waals surface area contributed by atoms with Crippen molar-refractivity contribution in [2.24, 2.45) is 7.05 Å². The van der Waals surface area contributed by atoms with Crippen molar-refractivity contribution in [2.45, 2.75) is 32.9 Å². The highest BCUT2D eigenvalue weighted by atomic mass is 16.2. The number of aromatic nitrogens is 6. The standard InChI is InChI=1S/C15H19N7O/c1-9(2)22-12-8-6-5-7-11(12)17-14(22)10(3)16-15(23)13-18-20-21(4)19-13/h5-10H,1-4H3,(H,16,23). The van der Waals surface area contributed by atoms with Gasteiger partial charge >= 0.3 is 0 Å². The largest absolute Gasteiger partial charge is 0.340 e. The first-order valence-corrected chi connectivity index (χ1v) is 7.49. The number of fused-ring (bicyclic) bond motifs is 1. The van der Waals surface area contributed by atoms with Crippen LogP contribution >= 0.6 is 0 Å². The van der Waals surface area contributed by atoms with E-state index in [1.165, 1.54) is 4.80 Å². The molecule has 0 aliphatic rings. The zero-order chi connectivity index (χ0) is 16.6. The maximum Gasteiger partial charge on any atom is 0.293 e. The smallest absolute Gasteiger partial charge is 0.293 e. The monoisotopic (exact) mass is 313 g/mol. The lowest BCUT2D eigenvalue weighted by Crippen LogP contribution is -2.30. The first kappa shape index (κ1) is 15.1. The maximum absolute atomic E-state index is 12.2. The third-order valence-electron chi connectivity index (χ3n) is 3.59. The van der Waals surface area contributed by atoms with E-state index in [1.807, 2.05) is 31.2 Å². The van der Waals surface area contributed by atoms with E-state index < -0.39 is 0 Å². The highest BCUT2D eigenvalue weighted by Gasteiger charge is 2.22. The van der Waals surface area contributed by atoms with Crippen LogP contribution in [-0.4, -0.2) is 35.7 Å². The topological polar surface area (TPSA) is 90.5 Å². The van der Waals surface area contributed by atoms with E-state index in [4.69, 9.17) is 0 Å². The molecule has 8 nitrogen and oxygen atoms in total. The molecule has 2 aromatic heterocycles. The van der Waals surface area contributed by atoms with Gasteiger partial charge in [-0.15, -0.1) is 10.2 Å². The average Bonchev–Trinajstić information content (AvgIpc) is 3.10. The van der Waals surface area contributed by atoms with Gasteiger partial charge in [0.2, 0.25) is 0 Å². The lowest BCUT2D eigenvalue weighted by molar-refractivity contribution is 0.0926. The number of carbonyl (C=O) groups excluding carboxylic acids is 1. The van der Waals surface area contributed by atoms with Gasteiger partial charge in [-0.2, -0.15) is 4.80 Å². The van der Waals surface area contributed by atoms with Gasteiger partial charge in [0.15, 0.2) is 0 Å². The summed E-state index contributed by atoms with van der Waals surface area (Å²) in [6.45, 7) is 6.08. The number of nitrogens with one attached hydrogen (secondary N) is 1. The first-order valence-electron chi connectivity index (χ1n) is 7.49. The normalized spacial score (nSPS) is 12.7. The molecule has 0 saturated heterocycles. The van der Waals surface area contributed by atoms with Gasteiger partial charge in [0.1, 0.15) is 5.82 Å². The molecule has 3 rings (SSSR count). The maximum atomic E-state index is 12.2. The number of benzene rings is 1. The van der Waals surface area contributed by atoms with E-state index in [9.17, 15) is 4.79 Å². The van der Waals surface area contributed by atoms with Crippen molar-refractivity contribution in [3.63, 3.8) is 0 Å². The summed E-state index contributed by atoms with van der Waals surface area (Å²) in [6.07, 6.45) is 0. The highest BCUT2D eigenvalue weighted by molar-refractivity contribution is 5.90. The molecule has 1 N–H and O–H groups in total. The number of tetrazole rings is 1. The summed E-state index contributed by atoms with van der Waals surface area (Å²) in [7, 11) is 1.62. The number of hydrogen-bond acceptors (Lipinski definition) is 5. The van der Waals surface area contributed by atoms with Crippen molar-refractivity contribution in [2.75, 3.05) is 0 Å². The first-order chi connectivity index (χ1) is 11.0. The molecule has 1 aromatic carbocycles. The Bertz CT molecular complexity index is 849. The van der Waals surface area contributed by atoms with Crippen molar-refractivity contribution in [1.29, 1.82) is 0 Å². The van der Waals surface area contributed by atoms with Gasteiger partial charge in [0, 0.05) is 6.04 Å². The SMILES string of the molecule is CC(NC(=O)c1nnn(C)n1)c1nc2ccccc2n1C(C)C. The second-order valence-corrected chi connectivity index (χ2v) is 5.72. The molecule has 0 spiro atoms. The number of aryl methyl sites for hydroxylation is 1. The Morgan fingerprint density at radius 3 is 2.61 bits per heavy atom. The molecular weight excluding hydrogens is 294 g/mol. The van der Waals surface area contributed by atoms with E-state index >= 15 is 0 Å². The molecule has 1 atom stereocenters. The number of rotatable bonds is 4. The fraction of sp³-hybridized carbons (Fsp3) is 0.400. The minimum absolute atomic E-state index is 0.0477. The van der Waals surface area contributed by atoms with Gasteiger partial charge in [-0.05, 0) is 38.1 Å². The number of amides is 1.